The lowest BCUT2D eigenvalue weighted by atomic mass is 9.95. The lowest BCUT2D eigenvalue weighted by Crippen LogP contribution is -2.68. The van der Waals surface area contributed by atoms with Crippen LogP contribution in [-0.2, 0) is 120 Å². The highest BCUT2D eigenvalue weighted by molar-refractivity contribution is 5.99. The zero-order chi connectivity index (χ0) is 87.7. The number of aliphatic hydroxyl groups excluding tert-OH is 3. The van der Waals surface area contributed by atoms with Crippen LogP contribution in [0.5, 0.6) is 0 Å². The van der Waals surface area contributed by atoms with Crippen LogP contribution in [0.4, 0.5) is 0 Å². The summed E-state index contributed by atoms with van der Waals surface area (Å²) in [5.74, 6) is -25.0. The molecule has 0 radical (unpaired) electrons. The number of esters is 3. The van der Waals surface area contributed by atoms with E-state index < -0.39 is 306 Å². The molecular formula is C66H108N18O31. The van der Waals surface area contributed by atoms with Crippen LogP contribution in [0.25, 0.3) is 0 Å². The average Bonchev–Trinajstić information content (AvgIpc) is 0.779. The summed E-state index contributed by atoms with van der Waals surface area (Å²) in [4.78, 5) is 265. The van der Waals surface area contributed by atoms with Crippen LogP contribution < -0.4 is 92.1 Å². The van der Waals surface area contributed by atoms with E-state index in [0.29, 0.717) is 0 Å². The summed E-state index contributed by atoms with van der Waals surface area (Å²) in [7, 11) is 0. The van der Waals surface area contributed by atoms with Crippen LogP contribution in [0.1, 0.15) is 127 Å². The molecule has 0 saturated carbocycles. The van der Waals surface area contributed by atoms with Gasteiger partial charge >= 0.3 is 35.8 Å². The number of hydrogen-bond donors (Lipinski definition) is 23. The van der Waals surface area contributed by atoms with E-state index in [2.05, 4.69) is 63.5 Å². The fourth-order valence-electron chi connectivity index (χ4n) is 10.7. The Morgan fingerprint density at radius 3 is 1.30 bits per heavy atom. The highest BCUT2D eigenvalue weighted by atomic mass is 16.7. The van der Waals surface area contributed by atoms with E-state index in [-0.39, 0.29) is 44.1 Å². The summed E-state index contributed by atoms with van der Waals surface area (Å²) in [6.07, 6.45) is -14.0. The largest absolute Gasteiger partial charge is 0.481 e. The summed E-state index contributed by atoms with van der Waals surface area (Å²) in [5.41, 5.74) is 21.5. The van der Waals surface area contributed by atoms with Crippen molar-refractivity contribution in [3.05, 3.63) is 0 Å². The van der Waals surface area contributed by atoms with Gasteiger partial charge in [-0.15, -0.1) is 0 Å². The second-order valence-corrected chi connectivity index (χ2v) is 26.9. The smallest absolute Gasteiger partial charge is 0.328 e. The molecular weight excluding hydrogens is 1540 g/mol. The highest BCUT2D eigenvalue weighted by Crippen LogP contribution is 2.29. The molecule has 115 heavy (non-hydrogen) atoms. The Morgan fingerprint density at radius 1 is 0.452 bits per heavy atom. The van der Waals surface area contributed by atoms with Crippen LogP contribution in [0.15, 0.2) is 4.99 Å². The monoisotopic (exact) mass is 1650 g/mol. The number of nitrogens with zero attached hydrogens (tertiary/aromatic N) is 1. The summed E-state index contributed by atoms with van der Waals surface area (Å²) >= 11 is 0. The molecule has 49 nitrogen and oxygen atoms in total. The number of guanidine groups is 1. The van der Waals surface area contributed by atoms with Crippen molar-refractivity contribution in [1.82, 2.24) is 69.1 Å². The molecule has 1 rings (SSSR count). The van der Waals surface area contributed by atoms with E-state index >= 15 is 0 Å². The normalized spacial score (nSPS) is 17.8. The molecule has 0 aromatic rings. The van der Waals surface area contributed by atoms with E-state index in [9.17, 15) is 127 Å². The molecule has 0 aliphatic carbocycles. The summed E-state index contributed by atoms with van der Waals surface area (Å²) in [6.45, 7) is 4.86. The van der Waals surface area contributed by atoms with Crippen molar-refractivity contribution < 1.29 is 150 Å². The number of nitrogens with one attached hydrogen (secondary N) is 13. The number of carboxylic acids is 3. The van der Waals surface area contributed by atoms with Crippen LogP contribution in [0, 0.1) is 11.8 Å². The number of carboxylic acid groups (broad SMARTS) is 3. The van der Waals surface area contributed by atoms with E-state index in [1.807, 2.05) is 10.6 Å². The van der Waals surface area contributed by atoms with Gasteiger partial charge in [0.05, 0.1) is 45.6 Å². The molecule has 1 aliphatic heterocycles. The first-order valence-corrected chi connectivity index (χ1v) is 35.9. The Bertz CT molecular complexity index is 3450. The van der Waals surface area contributed by atoms with E-state index in [0.717, 1.165) is 34.6 Å². The molecule has 14 amide bonds. The minimum absolute atomic E-state index is 0.0282. The minimum atomic E-state index is -2.25. The Hall–Kier alpha value is -11.6. The van der Waals surface area contributed by atoms with Crippen LogP contribution in [-0.4, -0.2) is 305 Å². The van der Waals surface area contributed by atoms with Gasteiger partial charge in [-0.3, -0.25) is 96.1 Å². The zero-order valence-corrected chi connectivity index (χ0v) is 64.8. The molecule has 27 N–H and O–H groups in total. The van der Waals surface area contributed by atoms with Crippen molar-refractivity contribution in [2.24, 2.45) is 39.8 Å². The molecule has 16 atom stereocenters. The van der Waals surface area contributed by atoms with Gasteiger partial charge in [-0.2, -0.15) is 0 Å². The predicted octanol–water partition coefficient (Wildman–Crippen LogP) is -11.7. The minimum Gasteiger partial charge on any atom is -0.481 e. The van der Waals surface area contributed by atoms with Gasteiger partial charge in [-0.05, 0) is 63.7 Å². The summed E-state index contributed by atoms with van der Waals surface area (Å²) in [6, 6.07) is -20.4. The quantitative estimate of drug-likeness (QED) is 0.00884. The van der Waals surface area contributed by atoms with Crippen molar-refractivity contribution in [3.8, 4) is 0 Å². The number of ether oxygens (including phenoxy) is 5. The fourth-order valence-corrected chi connectivity index (χ4v) is 10.7. The molecule has 49 heteroatoms. The van der Waals surface area contributed by atoms with Crippen molar-refractivity contribution in [1.29, 1.82) is 0 Å². The molecule has 0 spiro atoms. The third-order valence-corrected chi connectivity index (χ3v) is 16.1. The number of nitrogens with two attached hydrogens (primary N) is 4. The molecule has 0 unspecified atom stereocenters. The first-order valence-electron chi connectivity index (χ1n) is 35.9. The number of aliphatic hydroxyl groups is 3. The number of hydrogen-bond acceptors (Lipinski definition) is 30. The van der Waals surface area contributed by atoms with Gasteiger partial charge in [-0.25, -0.2) is 4.79 Å². The molecule has 648 valence electrons. The van der Waals surface area contributed by atoms with E-state index in [4.69, 9.17) is 46.6 Å². The number of carbonyl (C=O) groups excluding carboxylic acids is 17. The number of carbonyl (C=O) groups is 20. The van der Waals surface area contributed by atoms with Crippen molar-refractivity contribution in [2.75, 3.05) is 52.6 Å². The van der Waals surface area contributed by atoms with Crippen LogP contribution >= 0.6 is 0 Å². The number of aliphatic imine (C=N–C) groups is 1. The number of aliphatic carboxylic acids is 3. The molecule has 0 aromatic carbocycles. The first kappa shape index (κ1) is 101. The standard InChI is InChI=1S/C66H108N18O31/c1-28(2)19-39(75-46(93)21-67)59(104)77-35(11-10-18-71-66(69)70)55(100)73-22-47(94)72-23-48(95)76-41(24-85)61(106)82-42(25-86)62(107)80-36(12-15-45(68)92)57(102)81-40(20-29(3)4)60(105)79-37(13-16-49(96)97)56(101)78-38(14-17-50(98)99)58(103)84-51(63(108)83-43(26-87)64(109)110)30(5)112-65-52(74-31(6)88)54(114-34(9)91)53(113-33(8)90)44(115-65)27-111-32(7)89/h28-30,35-44,51-54,65,85-87H,10-27,67H2,1-9H3,(H2,68,92)(H,72,94)(H,73,100)(H,74,88)(H,75,93)(H,76,95)(H,77,104)(H,78,101)(H,79,105)(H,80,107)(H,81,102)(H,82,106)(H,83,108)(H,84,103)(H,96,97)(H,98,99)(H,109,110)(H4,69,70,71)/t30-,35+,36+,37+,38+,39+,40+,41+,42+,43+,44-,51+,52-,53+,54-,65+/m1/s1. The maximum absolute atomic E-state index is 14.5. The van der Waals surface area contributed by atoms with Crippen LogP contribution in [0.3, 0.4) is 0 Å². The first-order chi connectivity index (χ1) is 53.8. The molecule has 0 aromatic heterocycles. The van der Waals surface area contributed by atoms with Gasteiger partial charge in [0.15, 0.2) is 24.5 Å². The van der Waals surface area contributed by atoms with Crippen LogP contribution in [0.2, 0.25) is 0 Å². The second kappa shape index (κ2) is 51.9. The maximum Gasteiger partial charge on any atom is 0.328 e. The Morgan fingerprint density at radius 2 is 0.861 bits per heavy atom. The Balaban J connectivity index is 3.62. The average molecular weight is 1650 g/mol. The molecule has 0 bridgehead atoms. The number of rotatable bonds is 53. The highest BCUT2D eigenvalue weighted by Gasteiger charge is 2.53. The zero-order valence-electron chi connectivity index (χ0n) is 64.8. The van der Waals surface area contributed by atoms with Gasteiger partial charge in [-0.1, -0.05) is 27.7 Å². The Kier molecular flexibility index (Phi) is 45.8. The van der Waals surface area contributed by atoms with Gasteiger partial charge in [0.1, 0.15) is 79.2 Å². The Labute approximate surface area is 657 Å². The predicted molar refractivity (Wildman–Crippen MR) is 389 cm³/mol. The number of amides is 14. The lowest BCUT2D eigenvalue weighted by molar-refractivity contribution is -0.287. The number of primary amides is 1. The van der Waals surface area contributed by atoms with E-state index in [1.165, 1.54) is 13.8 Å². The maximum atomic E-state index is 14.5. The van der Waals surface area contributed by atoms with Crippen molar-refractivity contribution in [2.45, 2.75) is 224 Å². The summed E-state index contributed by atoms with van der Waals surface area (Å²) in [5, 5.41) is 88.6. The van der Waals surface area contributed by atoms with Gasteiger partial charge in [0.25, 0.3) is 0 Å². The fraction of sp³-hybridized carbons (Fsp3) is 0.682. The molecule has 1 aliphatic rings. The van der Waals surface area contributed by atoms with Gasteiger partial charge in [0, 0.05) is 53.5 Å². The van der Waals surface area contributed by atoms with Gasteiger partial charge < -0.3 is 146 Å². The SMILES string of the molecule is CC(=O)N[C@H]1[C@@H](O[C@H](C)[C@H](NC(=O)[C@H](CCC(=O)O)NC(=O)[C@H](CCC(=O)O)NC(=O)[C@H](CC(C)C)NC(=O)[C@H](CCC(N)=O)NC(=O)[C@H](CO)NC(=O)[C@H](CO)NC(=O)CNC(=O)CNC(=O)[C@H](CCCN=C(N)N)NC(=O)[C@H](CC(C)C)NC(=O)CN)C(=O)N[C@@H](CO)C(=O)O)O[C@H](COC(C)=O)[C@H](OC(C)=O)[C@@H]1OC(C)=O. The third-order valence-electron chi connectivity index (χ3n) is 16.1. The van der Waals surface area contributed by atoms with Crippen molar-refractivity contribution >= 4 is 124 Å². The third kappa shape index (κ3) is 39.6. The van der Waals surface area contributed by atoms with E-state index in [1.54, 1.807) is 13.8 Å². The topological polar surface area (TPSA) is 782 Å². The lowest BCUT2D eigenvalue weighted by Gasteiger charge is -2.46. The summed E-state index contributed by atoms with van der Waals surface area (Å²) < 4.78 is 28.0. The second-order valence-electron chi connectivity index (χ2n) is 26.9. The molecule has 1 fully saturated rings. The van der Waals surface area contributed by atoms with Gasteiger partial charge in [0.2, 0.25) is 82.7 Å². The molecule has 1 heterocycles. The van der Waals surface area contributed by atoms with Crippen molar-refractivity contribution in [3.63, 3.8) is 0 Å². The molecule has 1 saturated heterocycles.